The molecule has 2 fully saturated rings. The molecule has 0 bridgehead atoms. The van der Waals surface area contributed by atoms with Crippen LogP contribution in [-0.4, -0.2) is 61.0 Å². The van der Waals surface area contributed by atoms with E-state index in [1.165, 1.54) is 12.8 Å². The molecule has 2 rings (SSSR count). The molecule has 4 nitrogen and oxygen atoms in total. The van der Waals surface area contributed by atoms with E-state index in [0.717, 1.165) is 32.7 Å². The third-order valence-corrected chi connectivity index (χ3v) is 3.27. The lowest BCUT2D eigenvalue weighted by Gasteiger charge is -2.32. The van der Waals surface area contributed by atoms with E-state index < -0.39 is 0 Å². The van der Waals surface area contributed by atoms with Crippen LogP contribution < -0.4 is 5.32 Å². The fourth-order valence-electron chi connectivity index (χ4n) is 2.41. The summed E-state index contributed by atoms with van der Waals surface area (Å²) in [5.74, 6) is 0.321. The first-order valence-electron chi connectivity index (χ1n) is 5.99. The van der Waals surface area contributed by atoms with Crippen molar-refractivity contribution in [2.45, 2.75) is 25.8 Å². The van der Waals surface area contributed by atoms with Crippen LogP contribution in [0.2, 0.25) is 0 Å². The van der Waals surface area contributed by atoms with Gasteiger partial charge in [-0.3, -0.25) is 9.69 Å². The number of rotatable bonds is 2. The van der Waals surface area contributed by atoms with Gasteiger partial charge in [-0.25, -0.2) is 0 Å². The van der Waals surface area contributed by atoms with Gasteiger partial charge in [0.25, 0.3) is 0 Å². The lowest BCUT2D eigenvalue weighted by molar-refractivity contribution is -0.131. The van der Waals surface area contributed by atoms with Gasteiger partial charge in [-0.1, -0.05) is 0 Å². The summed E-state index contributed by atoms with van der Waals surface area (Å²) in [5.41, 5.74) is 0. The minimum atomic E-state index is 0.321. The Bertz CT molecular complexity index is 226. The maximum Gasteiger partial charge on any atom is 0.236 e. The molecule has 0 radical (unpaired) electrons. The van der Waals surface area contributed by atoms with E-state index in [1.54, 1.807) is 0 Å². The summed E-state index contributed by atoms with van der Waals surface area (Å²) in [4.78, 5) is 16.2. The SMILES string of the molecule is C[C@@H]1CN(CC(=O)N2CCCC2)CCN1. The van der Waals surface area contributed by atoms with Crippen LogP contribution in [0, 0.1) is 0 Å². The van der Waals surface area contributed by atoms with E-state index in [2.05, 4.69) is 17.1 Å². The number of carbonyl (C=O) groups excluding carboxylic acids is 1. The molecule has 1 atom stereocenters. The number of nitrogens with one attached hydrogen (secondary N) is 1. The van der Waals surface area contributed by atoms with Crippen molar-refractivity contribution in [3.63, 3.8) is 0 Å². The topological polar surface area (TPSA) is 35.6 Å². The van der Waals surface area contributed by atoms with Crippen molar-refractivity contribution in [3.05, 3.63) is 0 Å². The minimum absolute atomic E-state index is 0.321. The summed E-state index contributed by atoms with van der Waals surface area (Å²) in [5, 5.41) is 3.39. The molecule has 15 heavy (non-hydrogen) atoms. The third kappa shape index (κ3) is 2.92. The normalized spacial score (nSPS) is 28.3. The minimum Gasteiger partial charge on any atom is -0.342 e. The second-order valence-corrected chi connectivity index (χ2v) is 4.68. The van der Waals surface area contributed by atoms with E-state index in [4.69, 9.17) is 0 Å². The van der Waals surface area contributed by atoms with Crippen molar-refractivity contribution >= 4 is 5.91 Å². The van der Waals surface area contributed by atoms with Crippen LogP contribution >= 0.6 is 0 Å². The molecule has 2 aliphatic rings. The second kappa shape index (κ2) is 4.94. The molecule has 0 aromatic carbocycles. The summed E-state index contributed by atoms with van der Waals surface area (Å²) < 4.78 is 0. The van der Waals surface area contributed by atoms with Gasteiger partial charge in [-0.05, 0) is 19.8 Å². The van der Waals surface area contributed by atoms with Crippen molar-refractivity contribution in [1.82, 2.24) is 15.1 Å². The molecule has 4 heteroatoms. The number of likely N-dealkylation sites (tertiary alicyclic amines) is 1. The van der Waals surface area contributed by atoms with Crippen LogP contribution in [0.25, 0.3) is 0 Å². The Hall–Kier alpha value is -0.610. The summed E-state index contributed by atoms with van der Waals surface area (Å²) in [6.07, 6.45) is 2.37. The first kappa shape index (κ1) is 10.9. The predicted octanol–water partition coefficient (Wildman–Crippen LogP) is -0.0975. The summed E-state index contributed by atoms with van der Waals surface area (Å²) in [7, 11) is 0. The van der Waals surface area contributed by atoms with Crippen LogP contribution in [0.3, 0.4) is 0 Å². The van der Waals surface area contributed by atoms with Crippen molar-refractivity contribution in [2.75, 3.05) is 39.3 Å². The number of carbonyl (C=O) groups is 1. The first-order chi connectivity index (χ1) is 7.25. The van der Waals surface area contributed by atoms with E-state index in [9.17, 15) is 4.79 Å². The standard InChI is InChI=1S/C11H21N3O/c1-10-8-13(7-4-12-10)9-11(15)14-5-2-3-6-14/h10,12H,2-9H2,1H3/t10-/m1/s1. The van der Waals surface area contributed by atoms with Crippen LogP contribution in [0.1, 0.15) is 19.8 Å². The average Bonchev–Trinajstić information content (AvgIpc) is 2.70. The molecule has 0 aromatic heterocycles. The fraction of sp³-hybridized carbons (Fsp3) is 0.909. The maximum atomic E-state index is 11.9. The Morgan fingerprint density at radius 3 is 2.73 bits per heavy atom. The highest BCUT2D eigenvalue weighted by Crippen LogP contribution is 2.08. The smallest absolute Gasteiger partial charge is 0.236 e. The van der Waals surface area contributed by atoms with Gasteiger partial charge in [-0.15, -0.1) is 0 Å². The van der Waals surface area contributed by atoms with Gasteiger partial charge >= 0.3 is 0 Å². The zero-order chi connectivity index (χ0) is 10.7. The summed E-state index contributed by atoms with van der Waals surface area (Å²) in [6, 6.07) is 0.519. The quantitative estimate of drug-likeness (QED) is 0.693. The second-order valence-electron chi connectivity index (χ2n) is 4.68. The maximum absolute atomic E-state index is 11.9. The molecular weight excluding hydrogens is 190 g/mol. The Morgan fingerprint density at radius 2 is 2.07 bits per heavy atom. The molecule has 0 saturated carbocycles. The molecule has 2 aliphatic heterocycles. The number of hydrogen-bond acceptors (Lipinski definition) is 3. The largest absolute Gasteiger partial charge is 0.342 e. The first-order valence-corrected chi connectivity index (χ1v) is 5.99. The molecule has 0 spiro atoms. The number of nitrogens with zero attached hydrogens (tertiary/aromatic N) is 2. The zero-order valence-corrected chi connectivity index (χ0v) is 9.54. The van der Waals surface area contributed by atoms with E-state index in [-0.39, 0.29) is 0 Å². The molecule has 0 aliphatic carbocycles. The van der Waals surface area contributed by atoms with Gasteiger partial charge in [0.15, 0.2) is 0 Å². The van der Waals surface area contributed by atoms with Gasteiger partial charge in [0.1, 0.15) is 0 Å². The third-order valence-electron chi connectivity index (χ3n) is 3.27. The van der Waals surface area contributed by atoms with E-state index >= 15 is 0 Å². The molecule has 1 amide bonds. The molecule has 2 saturated heterocycles. The highest BCUT2D eigenvalue weighted by atomic mass is 16.2. The lowest BCUT2D eigenvalue weighted by Crippen LogP contribution is -2.52. The lowest BCUT2D eigenvalue weighted by atomic mass is 10.2. The van der Waals surface area contributed by atoms with Crippen LogP contribution in [0.4, 0.5) is 0 Å². The molecule has 0 unspecified atom stereocenters. The summed E-state index contributed by atoms with van der Waals surface area (Å²) >= 11 is 0. The molecule has 1 N–H and O–H groups in total. The Labute approximate surface area is 91.6 Å². The number of hydrogen-bond donors (Lipinski definition) is 1. The number of amides is 1. The fourth-order valence-corrected chi connectivity index (χ4v) is 2.41. The molecular formula is C11H21N3O. The average molecular weight is 211 g/mol. The summed E-state index contributed by atoms with van der Waals surface area (Å²) in [6.45, 7) is 7.75. The van der Waals surface area contributed by atoms with Crippen LogP contribution in [0.15, 0.2) is 0 Å². The number of piperazine rings is 1. The van der Waals surface area contributed by atoms with Gasteiger partial charge in [0.05, 0.1) is 6.54 Å². The monoisotopic (exact) mass is 211 g/mol. The van der Waals surface area contributed by atoms with Crippen molar-refractivity contribution in [2.24, 2.45) is 0 Å². The van der Waals surface area contributed by atoms with Gasteiger partial charge in [0, 0.05) is 38.8 Å². The van der Waals surface area contributed by atoms with Gasteiger partial charge < -0.3 is 10.2 Å². The van der Waals surface area contributed by atoms with Gasteiger partial charge in [-0.2, -0.15) is 0 Å². The van der Waals surface area contributed by atoms with Gasteiger partial charge in [0.2, 0.25) is 5.91 Å². The van der Waals surface area contributed by atoms with Crippen molar-refractivity contribution < 1.29 is 4.79 Å². The highest BCUT2D eigenvalue weighted by molar-refractivity contribution is 5.78. The molecule has 86 valence electrons. The Morgan fingerprint density at radius 1 is 1.33 bits per heavy atom. The van der Waals surface area contributed by atoms with Crippen molar-refractivity contribution in [3.8, 4) is 0 Å². The predicted molar refractivity (Wildman–Crippen MR) is 59.7 cm³/mol. The van der Waals surface area contributed by atoms with E-state index in [0.29, 0.717) is 18.5 Å². The van der Waals surface area contributed by atoms with Crippen LogP contribution in [-0.2, 0) is 4.79 Å². The van der Waals surface area contributed by atoms with Crippen molar-refractivity contribution in [1.29, 1.82) is 0 Å². The van der Waals surface area contributed by atoms with E-state index in [1.807, 2.05) is 4.90 Å². The highest BCUT2D eigenvalue weighted by Gasteiger charge is 2.22. The van der Waals surface area contributed by atoms with Crippen LogP contribution in [0.5, 0.6) is 0 Å². The Kier molecular flexibility index (Phi) is 3.59. The molecule has 2 heterocycles. The zero-order valence-electron chi connectivity index (χ0n) is 9.54. The Balaban J connectivity index is 1.77. The molecule has 0 aromatic rings.